The monoisotopic (exact) mass is 209 g/mol. The summed E-state index contributed by atoms with van der Waals surface area (Å²) in [4.78, 5) is 10.9. The van der Waals surface area contributed by atoms with E-state index < -0.39 is 5.97 Å². The maximum Gasteiger partial charge on any atom is 0.352 e. The Kier molecular flexibility index (Phi) is 2.77. The van der Waals surface area contributed by atoms with Gasteiger partial charge >= 0.3 is 5.97 Å². The fourth-order valence-corrected chi connectivity index (χ4v) is 2.04. The third kappa shape index (κ3) is 2.04. The molecule has 0 amide bonds. The summed E-state index contributed by atoms with van der Waals surface area (Å²) in [5.41, 5.74) is 0.356. The van der Waals surface area contributed by atoms with Crippen LogP contribution in [0.4, 0.5) is 0 Å². The molecule has 4 heteroatoms. The first-order valence-corrected chi connectivity index (χ1v) is 5.18. The molecule has 0 aromatic carbocycles. The zero-order valence-corrected chi connectivity index (χ0v) is 8.72. The molecule has 0 aliphatic carbocycles. The molecule has 1 aromatic rings. The summed E-state index contributed by atoms with van der Waals surface area (Å²) in [5, 5.41) is 8.94. The second-order valence-electron chi connectivity index (χ2n) is 3.98. The molecule has 1 saturated heterocycles. The number of rotatable bonds is 3. The van der Waals surface area contributed by atoms with Crippen LogP contribution >= 0.6 is 0 Å². The Morgan fingerprint density at radius 1 is 1.73 bits per heavy atom. The van der Waals surface area contributed by atoms with Crippen molar-refractivity contribution < 1.29 is 14.6 Å². The van der Waals surface area contributed by atoms with Gasteiger partial charge in [-0.2, -0.15) is 0 Å². The van der Waals surface area contributed by atoms with Gasteiger partial charge in [0.2, 0.25) is 0 Å². The van der Waals surface area contributed by atoms with Gasteiger partial charge in [-0.1, -0.05) is 0 Å². The topological polar surface area (TPSA) is 51.5 Å². The summed E-state index contributed by atoms with van der Waals surface area (Å²) < 4.78 is 7.24. The van der Waals surface area contributed by atoms with Crippen LogP contribution < -0.4 is 0 Å². The predicted octanol–water partition coefficient (Wildman–Crippen LogP) is 1.61. The Labute approximate surface area is 88.5 Å². The van der Waals surface area contributed by atoms with Crippen LogP contribution in [0.5, 0.6) is 0 Å². The van der Waals surface area contributed by atoms with Gasteiger partial charge < -0.3 is 14.4 Å². The smallest absolute Gasteiger partial charge is 0.352 e. The maximum absolute atomic E-state index is 10.9. The first kappa shape index (κ1) is 10.2. The second kappa shape index (κ2) is 4.06. The Hall–Kier alpha value is -1.29. The van der Waals surface area contributed by atoms with Crippen molar-refractivity contribution in [2.24, 2.45) is 5.92 Å². The molecular weight excluding hydrogens is 194 g/mol. The standard InChI is InChI=1S/C11H15NO3/c1-8-9(4-6-15-8)7-12-5-2-3-10(12)11(13)14/h2-3,5,8-9H,4,6-7H2,1H3,(H,13,14). The van der Waals surface area contributed by atoms with Crippen molar-refractivity contribution in [1.29, 1.82) is 0 Å². The summed E-state index contributed by atoms with van der Waals surface area (Å²) in [6.45, 7) is 3.56. The minimum Gasteiger partial charge on any atom is -0.477 e. The summed E-state index contributed by atoms with van der Waals surface area (Å²) >= 11 is 0. The van der Waals surface area contributed by atoms with Crippen LogP contribution in [-0.4, -0.2) is 28.4 Å². The van der Waals surface area contributed by atoms with E-state index in [1.807, 2.05) is 13.1 Å². The maximum atomic E-state index is 10.9. The van der Waals surface area contributed by atoms with E-state index in [1.165, 1.54) is 0 Å². The highest BCUT2D eigenvalue weighted by atomic mass is 16.5. The zero-order valence-electron chi connectivity index (χ0n) is 8.72. The molecule has 1 fully saturated rings. The lowest BCUT2D eigenvalue weighted by Gasteiger charge is -2.15. The number of aromatic carboxylic acids is 1. The molecular formula is C11H15NO3. The number of nitrogens with zero attached hydrogens (tertiary/aromatic N) is 1. The molecule has 82 valence electrons. The average Bonchev–Trinajstić information content (AvgIpc) is 2.77. The molecule has 0 radical (unpaired) electrons. The lowest BCUT2D eigenvalue weighted by molar-refractivity contribution is 0.0679. The summed E-state index contributed by atoms with van der Waals surface area (Å²) in [7, 11) is 0. The van der Waals surface area contributed by atoms with E-state index in [1.54, 1.807) is 16.7 Å². The highest BCUT2D eigenvalue weighted by Gasteiger charge is 2.25. The normalized spacial score (nSPS) is 25.7. The van der Waals surface area contributed by atoms with Crippen molar-refractivity contribution in [1.82, 2.24) is 4.57 Å². The van der Waals surface area contributed by atoms with Crippen molar-refractivity contribution >= 4 is 5.97 Å². The molecule has 2 unspecified atom stereocenters. The Bertz CT molecular complexity index is 358. The van der Waals surface area contributed by atoms with E-state index in [9.17, 15) is 4.79 Å². The second-order valence-corrected chi connectivity index (χ2v) is 3.98. The predicted molar refractivity (Wildman–Crippen MR) is 54.9 cm³/mol. The third-order valence-corrected chi connectivity index (χ3v) is 3.01. The van der Waals surface area contributed by atoms with Crippen LogP contribution in [0.15, 0.2) is 18.3 Å². The van der Waals surface area contributed by atoms with E-state index >= 15 is 0 Å². The van der Waals surface area contributed by atoms with E-state index in [2.05, 4.69) is 0 Å². The quantitative estimate of drug-likeness (QED) is 0.822. The molecule has 0 spiro atoms. The average molecular weight is 209 g/mol. The Morgan fingerprint density at radius 2 is 2.53 bits per heavy atom. The van der Waals surface area contributed by atoms with Crippen molar-refractivity contribution in [2.75, 3.05) is 6.61 Å². The van der Waals surface area contributed by atoms with Crippen LogP contribution in [0, 0.1) is 5.92 Å². The van der Waals surface area contributed by atoms with Gasteiger partial charge in [0.25, 0.3) is 0 Å². The van der Waals surface area contributed by atoms with Gasteiger partial charge in [-0.05, 0) is 25.5 Å². The lowest BCUT2D eigenvalue weighted by Crippen LogP contribution is -2.19. The van der Waals surface area contributed by atoms with E-state index in [0.717, 1.165) is 19.6 Å². The fraction of sp³-hybridized carbons (Fsp3) is 0.545. The van der Waals surface area contributed by atoms with Gasteiger partial charge in [0.15, 0.2) is 0 Å². The molecule has 2 heterocycles. The Balaban J connectivity index is 2.10. The van der Waals surface area contributed by atoms with Crippen LogP contribution in [0.1, 0.15) is 23.8 Å². The van der Waals surface area contributed by atoms with Gasteiger partial charge in [-0.3, -0.25) is 0 Å². The molecule has 15 heavy (non-hydrogen) atoms. The van der Waals surface area contributed by atoms with Crippen LogP contribution in [0.25, 0.3) is 0 Å². The highest BCUT2D eigenvalue weighted by Crippen LogP contribution is 2.22. The third-order valence-electron chi connectivity index (χ3n) is 3.01. The van der Waals surface area contributed by atoms with Crippen molar-refractivity contribution in [3.05, 3.63) is 24.0 Å². The SMILES string of the molecule is CC1OCCC1Cn1cccc1C(=O)O. The molecule has 2 rings (SSSR count). The first-order chi connectivity index (χ1) is 7.18. The highest BCUT2D eigenvalue weighted by molar-refractivity contribution is 5.85. The van der Waals surface area contributed by atoms with Gasteiger partial charge in [0.05, 0.1) is 6.10 Å². The Morgan fingerprint density at radius 3 is 3.13 bits per heavy atom. The molecule has 1 aromatic heterocycles. The number of hydrogen-bond donors (Lipinski definition) is 1. The lowest BCUT2D eigenvalue weighted by atomic mass is 10.0. The number of carbonyl (C=O) groups is 1. The van der Waals surface area contributed by atoms with Gasteiger partial charge in [-0.25, -0.2) is 4.79 Å². The molecule has 0 saturated carbocycles. The van der Waals surface area contributed by atoms with Crippen LogP contribution in [-0.2, 0) is 11.3 Å². The molecule has 2 atom stereocenters. The number of ether oxygens (including phenoxy) is 1. The molecule has 1 N–H and O–H groups in total. The number of aromatic nitrogens is 1. The van der Waals surface area contributed by atoms with E-state index in [4.69, 9.17) is 9.84 Å². The van der Waals surface area contributed by atoms with Gasteiger partial charge in [-0.15, -0.1) is 0 Å². The molecule has 0 bridgehead atoms. The van der Waals surface area contributed by atoms with Crippen molar-refractivity contribution in [2.45, 2.75) is 26.0 Å². The number of hydrogen-bond acceptors (Lipinski definition) is 2. The molecule has 1 aliphatic heterocycles. The van der Waals surface area contributed by atoms with Crippen molar-refractivity contribution in [3.63, 3.8) is 0 Å². The summed E-state index contributed by atoms with van der Waals surface area (Å²) in [6, 6.07) is 3.40. The van der Waals surface area contributed by atoms with Crippen molar-refractivity contribution in [3.8, 4) is 0 Å². The zero-order chi connectivity index (χ0) is 10.8. The van der Waals surface area contributed by atoms with Gasteiger partial charge in [0.1, 0.15) is 5.69 Å². The molecule has 4 nitrogen and oxygen atoms in total. The van der Waals surface area contributed by atoms with Crippen LogP contribution in [0.2, 0.25) is 0 Å². The van der Waals surface area contributed by atoms with E-state index in [0.29, 0.717) is 11.6 Å². The number of carboxylic acids is 1. The minimum absolute atomic E-state index is 0.231. The van der Waals surface area contributed by atoms with E-state index in [-0.39, 0.29) is 6.10 Å². The minimum atomic E-state index is -0.869. The largest absolute Gasteiger partial charge is 0.477 e. The summed E-state index contributed by atoms with van der Waals surface area (Å²) in [5.74, 6) is -0.443. The fourth-order valence-electron chi connectivity index (χ4n) is 2.04. The first-order valence-electron chi connectivity index (χ1n) is 5.18. The summed E-state index contributed by atoms with van der Waals surface area (Å²) in [6.07, 6.45) is 3.06. The molecule has 1 aliphatic rings. The van der Waals surface area contributed by atoms with Crippen LogP contribution in [0.3, 0.4) is 0 Å². The van der Waals surface area contributed by atoms with Gasteiger partial charge in [0, 0.05) is 25.3 Å². The number of carboxylic acid groups (broad SMARTS) is 1.